The summed E-state index contributed by atoms with van der Waals surface area (Å²) in [5, 5.41) is 9.40. The second kappa shape index (κ2) is 11.1. The summed E-state index contributed by atoms with van der Waals surface area (Å²) in [7, 11) is 0. The standard InChI is InChI=1S/C27H28O4/c1-2-21(27(29)30)16-17-25(22-12-7-4-8-13-22)26(28)23-14-9-15-24(18-23)31-19-20-10-5-3-6-11-20/h3-15,18,21,25H,2,16-17,19H2,1H3,(H,29,30). The zero-order valence-electron chi connectivity index (χ0n) is 17.7. The lowest BCUT2D eigenvalue weighted by atomic mass is 9.84. The number of carboxylic acid groups (broad SMARTS) is 1. The number of aliphatic carboxylic acids is 1. The van der Waals surface area contributed by atoms with Crippen molar-refractivity contribution in [2.45, 2.75) is 38.7 Å². The van der Waals surface area contributed by atoms with E-state index in [0.29, 0.717) is 37.2 Å². The van der Waals surface area contributed by atoms with Gasteiger partial charge in [-0.25, -0.2) is 0 Å². The fourth-order valence-electron chi connectivity index (χ4n) is 3.69. The Kier molecular flexibility index (Phi) is 7.99. The molecule has 2 unspecified atom stereocenters. The van der Waals surface area contributed by atoms with E-state index < -0.39 is 11.9 Å². The lowest BCUT2D eigenvalue weighted by Gasteiger charge is -2.19. The van der Waals surface area contributed by atoms with Crippen LogP contribution < -0.4 is 4.74 Å². The smallest absolute Gasteiger partial charge is 0.306 e. The first-order chi connectivity index (χ1) is 15.1. The predicted octanol–water partition coefficient (Wildman–Crippen LogP) is 6.12. The molecule has 4 heteroatoms. The summed E-state index contributed by atoms with van der Waals surface area (Å²) in [6, 6.07) is 26.7. The van der Waals surface area contributed by atoms with Gasteiger partial charge in [0.05, 0.1) is 5.92 Å². The SMILES string of the molecule is CCC(CCC(C(=O)c1cccc(OCc2ccccc2)c1)c1ccccc1)C(=O)O. The highest BCUT2D eigenvalue weighted by atomic mass is 16.5. The molecule has 0 amide bonds. The third-order valence-electron chi connectivity index (χ3n) is 5.53. The summed E-state index contributed by atoms with van der Waals surface area (Å²) in [4.78, 5) is 24.9. The molecule has 0 fully saturated rings. The van der Waals surface area contributed by atoms with Crippen molar-refractivity contribution >= 4 is 11.8 Å². The van der Waals surface area contributed by atoms with E-state index in [0.717, 1.165) is 11.1 Å². The molecule has 0 saturated heterocycles. The van der Waals surface area contributed by atoms with Crippen molar-refractivity contribution in [2.75, 3.05) is 0 Å². The quantitative estimate of drug-likeness (QED) is 0.382. The van der Waals surface area contributed by atoms with Crippen LogP contribution >= 0.6 is 0 Å². The molecule has 0 aliphatic carbocycles. The number of carbonyl (C=O) groups excluding carboxylic acids is 1. The Morgan fingerprint density at radius 3 is 2.19 bits per heavy atom. The molecule has 0 aliphatic heterocycles. The monoisotopic (exact) mass is 416 g/mol. The maximum atomic E-state index is 13.4. The van der Waals surface area contributed by atoms with Gasteiger partial charge in [-0.15, -0.1) is 0 Å². The Morgan fingerprint density at radius 1 is 0.871 bits per heavy atom. The summed E-state index contributed by atoms with van der Waals surface area (Å²) in [5.41, 5.74) is 2.53. The number of carboxylic acids is 1. The minimum atomic E-state index is -0.807. The molecule has 0 spiro atoms. The summed E-state index contributed by atoms with van der Waals surface area (Å²) < 4.78 is 5.89. The number of rotatable bonds is 11. The molecular formula is C27H28O4. The topological polar surface area (TPSA) is 63.6 Å². The van der Waals surface area contributed by atoms with Crippen LogP contribution in [0.1, 0.15) is 53.6 Å². The fourth-order valence-corrected chi connectivity index (χ4v) is 3.69. The van der Waals surface area contributed by atoms with Gasteiger partial charge in [-0.05, 0) is 42.5 Å². The van der Waals surface area contributed by atoms with Gasteiger partial charge in [-0.1, -0.05) is 79.7 Å². The Morgan fingerprint density at radius 2 is 1.55 bits per heavy atom. The molecule has 3 aromatic carbocycles. The molecule has 2 atom stereocenters. The lowest BCUT2D eigenvalue weighted by molar-refractivity contribution is -0.142. The Balaban J connectivity index is 1.77. The first kappa shape index (κ1) is 22.3. The van der Waals surface area contributed by atoms with Crippen molar-refractivity contribution in [3.63, 3.8) is 0 Å². The van der Waals surface area contributed by atoms with E-state index >= 15 is 0 Å². The molecule has 3 rings (SSSR count). The number of hydrogen-bond acceptors (Lipinski definition) is 3. The van der Waals surface area contributed by atoms with Gasteiger partial charge in [0.2, 0.25) is 0 Å². The highest BCUT2D eigenvalue weighted by Crippen LogP contribution is 2.29. The van der Waals surface area contributed by atoms with Crippen molar-refractivity contribution in [3.8, 4) is 5.75 Å². The van der Waals surface area contributed by atoms with Crippen molar-refractivity contribution in [3.05, 3.63) is 102 Å². The van der Waals surface area contributed by atoms with Gasteiger partial charge in [0.1, 0.15) is 12.4 Å². The molecule has 0 radical (unpaired) electrons. The minimum absolute atomic E-state index is 0.0170. The van der Waals surface area contributed by atoms with E-state index in [9.17, 15) is 14.7 Å². The van der Waals surface area contributed by atoms with Gasteiger partial charge >= 0.3 is 5.97 Å². The van der Waals surface area contributed by atoms with E-state index in [2.05, 4.69) is 0 Å². The number of Topliss-reactive ketones (excluding diaryl/α,β-unsaturated/α-hetero) is 1. The second-order valence-electron chi connectivity index (χ2n) is 7.65. The van der Waals surface area contributed by atoms with Crippen LogP contribution in [0.2, 0.25) is 0 Å². The van der Waals surface area contributed by atoms with Crippen LogP contribution in [-0.2, 0) is 11.4 Å². The molecule has 0 aromatic heterocycles. The van der Waals surface area contributed by atoms with Crippen LogP contribution in [0.15, 0.2) is 84.9 Å². The van der Waals surface area contributed by atoms with Crippen LogP contribution in [0.3, 0.4) is 0 Å². The van der Waals surface area contributed by atoms with Crippen molar-refractivity contribution in [1.82, 2.24) is 0 Å². The molecule has 1 N–H and O–H groups in total. The van der Waals surface area contributed by atoms with Gasteiger partial charge in [-0.3, -0.25) is 9.59 Å². The molecule has 0 aliphatic rings. The molecule has 31 heavy (non-hydrogen) atoms. The highest BCUT2D eigenvalue weighted by Gasteiger charge is 2.25. The van der Waals surface area contributed by atoms with E-state index in [4.69, 9.17) is 4.74 Å². The van der Waals surface area contributed by atoms with Crippen molar-refractivity contribution in [2.24, 2.45) is 5.92 Å². The van der Waals surface area contributed by atoms with Gasteiger partial charge in [0, 0.05) is 11.5 Å². The van der Waals surface area contributed by atoms with E-state index in [1.165, 1.54) is 0 Å². The molecule has 4 nitrogen and oxygen atoms in total. The summed E-state index contributed by atoms with van der Waals surface area (Å²) in [5.74, 6) is -1.02. The average Bonchev–Trinajstić information content (AvgIpc) is 2.81. The van der Waals surface area contributed by atoms with E-state index in [1.807, 2.05) is 79.7 Å². The summed E-state index contributed by atoms with van der Waals surface area (Å²) in [6.45, 7) is 2.29. The number of carbonyl (C=O) groups is 2. The lowest BCUT2D eigenvalue weighted by Crippen LogP contribution is -2.18. The van der Waals surface area contributed by atoms with Crippen molar-refractivity contribution < 1.29 is 19.4 Å². The Hall–Kier alpha value is -3.40. The number of ether oxygens (including phenoxy) is 1. The largest absolute Gasteiger partial charge is 0.489 e. The minimum Gasteiger partial charge on any atom is -0.489 e. The van der Waals surface area contributed by atoms with Crippen molar-refractivity contribution in [1.29, 1.82) is 0 Å². The highest BCUT2D eigenvalue weighted by molar-refractivity contribution is 6.01. The number of hydrogen-bond donors (Lipinski definition) is 1. The number of benzene rings is 3. The van der Waals surface area contributed by atoms with Gasteiger partial charge in [0.15, 0.2) is 5.78 Å². The summed E-state index contributed by atoms with van der Waals surface area (Å²) >= 11 is 0. The average molecular weight is 417 g/mol. The van der Waals surface area contributed by atoms with Crippen LogP contribution in [0.5, 0.6) is 5.75 Å². The Bertz CT molecular complexity index is 982. The van der Waals surface area contributed by atoms with Gasteiger partial charge in [-0.2, -0.15) is 0 Å². The van der Waals surface area contributed by atoms with Crippen LogP contribution in [-0.4, -0.2) is 16.9 Å². The van der Waals surface area contributed by atoms with Crippen LogP contribution in [0.25, 0.3) is 0 Å². The first-order valence-electron chi connectivity index (χ1n) is 10.7. The fraction of sp³-hybridized carbons (Fsp3) is 0.259. The van der Waals surface area contributed by atoms with E-state index in [-0.39, 0.29) is 11.7 Å². The molecule has 3 aromatic rings. The molecule has 0 heterocycles. The van der Waals surface area contributed by atoms with Gasteiger partial charge in [0.25, 0.3) is 0 Å². The third-order valence-corrected chi connectivity index (χ3v) is 5.53. The zero-order chi connectivity index (χ0) is 22.1. The maximum absolute atomic E-state index is 13.4. The molecule has 160 valence electrons. The summed E-state index contributed by atoms with van der Waals surface area (Å²) in [6.07, 6.45) is 1.50. The van der Waals surface area contributed by atoms with E-state index in [1.54, 1.807) is 12.1 Å². The number of ketones is 1. The molecule has 0 saturated carbocycles. The Labute approximate surface area is 183 Å². The van der Waals surface area contributed by atoms with Gasteiger partial charge < -0.3 is 9.84 Å². The normalized spacial score (nSPS) is 12.7. The molecule has 0 bridgehead atoms. The third kappa shape index (κ3) is 6.29. The van der Waals surface area contributed by atoms with Crippen LogP contribution in [0.4, 0.5) is 0 Å². The van der Waals surface area contributed by atoms with Crippen LogP contribution in [0, 0.1) is 5.92 Å². The maximum Gasteiger partial charge on any atom is 0.306 e. The first-order valence-corrected chi connectivity index (χ1v) is 10.7. The molecular weight excluding hydrogens is 388 g/mol. The predicted molar refractivity (Wildman–Crippen MR) is 121 cm³/mol. The second-order valence-corrected chi connectivity index (χ2v) is 7.65. The zero-order valence-corrected chi connectivity index (χ0v) is 17.7.